The number of benzene rings is 2. The van der Waals surface area contributed by atoms with Gasteiger partial charge >= 0.3 is 0 Å². The lowest BCUT2D eigenvalue weighted by Crippen LogP contribution is -2.29. The largest absolute Gasteiger partial charge is 0.375 e. The van der Waals surface area contributed by atoms with Crippen LogP contribution in [0, 0.1) is 0 Å². The molecule has 2 aromatic rings. The quantitative estimate of drug-likeness (QED) is 0.465. The van der Waals surface area contributed by atoms with Crippen molar-refractivity contribution in [2.45, 2.75) is 18.9 Å². The SMILES string of the molecule is NNC(CCOCC(F)F)c1ccc2ccccc2c1. The first-order valence-corrected chi connectivity index (χ1v) is 6.51. The molecule has 20 heavy (non-hydrogen) atoms. The molecule has 0 spiro atoms. The maximum atomic E-state index is 12.0. The van der Waals surface area contributed by atoms with Crippen LogP contribution in [-0.4, -0.2) is 19.6 Å². The van der Waals surface area contributed by atoms with Crippen molar-refractivity contribution in [1.29, 1.82) is 0 Å². The molecule has 0 amide bonds. The second-order valence-electron chi connectivity index (χ2n) is 4.58. The highest BCUT2D eigenvalue weighted by Crippen LogP contribution is 2.22. The van der Waals surface area contributed by atoms with Crippen LogP contribution < -0.4 is 11.3 Å². The average Bonchev–Trinajstić information content (AvgIpc) is 2.46. The van der Waals surface area contributed by atoms with Gasteiger partial charge < -0.3 is 4.74 Å². The van der Waals surface area contributed by atoms with E-state index in [2.05, 4.69) is 5.43 Å². The monoisotopic (exact) mass is 280 g/mol. The molecule has 3 nitrogen and oxygen atoms in total. The predicted molar refractivity (Wildman–Crippen MR) is 75.5 cm³/mol. The molecule has 0 aliphatic heterocycles. The van der Waals surface area contributed by atoms with E-state index in [9.17, 15) is 8.78 Å². The van der Waals surface area contributed by atoms with Crippen LogP contribution in [0.4, 0.5) is 8.78 Å². The van der Waals surface area contributed by atoms with Crippen LogP contribution in [0.15, 0.2) is 42.5 Å². The predicted octanol–water partition coefficient (Wildman–Crippen LogP) is 3.02. The summed E-state index contributed by atoms with van der Waals surface area (Å²) < 4.78 is 28.8. The standard InChI is InChI=1S/C15H18F2N2O/c16-15(17)10-20-8-7-14(19-18)13-6-5-11-3-1-2-4-12(11)9-13/h1-6,9,14-15,19H,7-8,10,18H2. The Morgan fingerprint density at radius 1 is 1.10 bits per heavy atom. The van der Waals surface area contributed by atoms with E-state index in [0.717, 1.165) is 16.3 Å². The summed E-state index contributed by atoms with van der Waals surface area (Å²) >= 11 is 0. The van der Waals surface area contributed by atoms with Gasteiger partial charge in [0.25, 0.3) is 6.43 Å². The summed E-state index contributed by atoms with van der Waals surface area (Å²) in [5.41, 5.74) is 3.72. The van der Waals surface area contributed by atoms with Gasteiger partial charge in [-0.1, -0.05) is 36.4 Å². The normalized spacial score (nSPS) is 13.0. The Hall–Kier alpha value is -1.56. The number of hydrogen-bond acceptors (Lipinski definition) is 3. The van der Waals surface area contributed by atoms with E-state index >= 15 is 0 Å². The van der Waals surface area contributed by atoms with Crippen molar-refractivity contribution in [3.8, 4) is 0 Å². The number of hydrogen-bond donors (Lipinski definition) is 2. The fraction of sp³-hybridized carbons (Fsp3) is 0.333. The van der Waals surface area contributed by atoms with E-state index in [-0.39, 0.29) is 12.6 Å². The van der Waals surface area contributed by atoms with Gasteiger partial charge in [-0.15, -0.1) is 0 Å². The van der Waals surface area contributed by atoms with Crippen molar-refractivity contribution in [2.24, 2.45) is 5.84 Å². The van der Waals surface area contributed by atoms with E-state index in [1.807, 2.05) is 42.5 Å². The zero-order valence-corrected chi connectivity index (χ0v) is 11.1. The molecule has 5 heteroatoms. The molecule has 0 aromatic heterocycles. The van der Waals surface area contributed by atoms with Gasteiger partial charge in [-0.05, 0) is 28.8 Å². The molecule has 0 fully saturated rings. The van der Waals surface area contributed by atoms with Crippen LogP contribution in [0.5, 0.6) is 0 Å². The summed E-state index contributed by atoms with van der Waals surface area (Å²) in [4.78, 5) is 0. The molecule has 108 valence electrons. The number of hydrazine groups is 1. The minimum atomic E-state index is -2.43. The van der Waals surface area contributed by atoms with Gasteiger partial charge in [-0.25, -0.2) is 8.78 Å². The third-order valence-electron chi connectivity index (χ3n) is 3.17. The van der Waals surface area contributed by atoms with Gasteiger partial charge in [0.15, 0.2) is 0 Å². The highest BCUT2D eigenvalue weighted by atomic mass is 19.3. The van der Waals surface area contributed by atoms with Crippen LogP contribution in [-0.2, 0) is 4.74 Å². The number of fused-ring (bicyclic) bond motifs is 1. The van der Waals surface area contributed by atoms with Crippen LogP contribution in [0.3, 0.4) is 0 Å². The Morgan fingerprint density at radius 3 is 2.55 bits per heavy atom. The number of halogens is 2. The molecule has 2 aromatic carbocycles. The molecule has 0 aliphatic carbocycles. The van der Waals surface area contributed by atoms with Gasteiger partial charge in [0.05, 0.1) is 0 Å². The Kier molecular flexibility index (Phi) is 5.40. The molecule has 1 atom stereocenters. The van der Waals surface area contributed by atoms with Crippen molar-refractivity contribution < 1.29 is 13.5 Å². The van der Waals surface area contributed by atoms with Gasteiger partial charge in [0.1, 0.15) is 6.61 Å². The maximum absolute atomic E-state index is 12.0. The summed E-state index contributed by atoms with van der Waals surface area (Å²) in [6, 6.07) is 14.0. The molecule has 0 bridgehead atoms. The van der Waals surface area contributed by atoms with E-state index in [1.165, 1.54) is 0 Å². The molecule has 2 rings (SSSR count). The lowest BCUT2D eigenvalue weighted by atomic mass is 10.0. The van der Waals surface area contributed by atoms with Crippen LogP contribution >= 0.6 is 0 Å². The smallest absolute Gasteiger partial charge is 0.261 e. The summed E-state index contributed by atoms with van der Waals surface area (Å²) in [5.74, 6) is 5.54. The van der Waals surface area contributed by atoms with E-state index in [4.69, 9.17) is 10.6 Å². The number of nitrogens with one attached hydrogen (secondary N) is 1. The lowest BCUT2D eigenvalue weighted by molar-refractivity contribution is 0.0143. The van der Waals surface area contributed by atoms with Crippen LogP contribution in [0.1, 0.15) is 18.0 Å². The zero-order chi connectivity index (χ0) is 14.4. The van der Waals surface area contributed by atoms with Gasteiger partial charge in [0, 0.05) is 12.6 Å². The maximum Gasteiger partial charge on any atom is 0.261 e. The minimum absolute atomic E-state index is 0.114. The van der Waals surface area contributed by atoms with Crippen molar-refractivity contribution in [1.82, 2.24) is 5.43 Å². The molecule has 0 saturated heterocycles. The number of rotatable bonds is 7. The number of alkyl halides is 2. The summed E-state index contributed by atoms with van der Waals surface area (Å²) in [7, 11) is 0. The molecule has 0 heterocycles. The second-order valence-corrected chi connectivity index (χ2v) is 4.58. The molecule has 3 N–H and O–H groups in total. The first-order valence-electron chi connectivity index (χ1n) is 6.51. The summed E-state index contributed by atoms with van der Waals surface area (Å²) in [6.45, 7) is -0.291. The number of ether oxygens (including phenoxy) is 1. The second kappa shape index (κ2) is 7.28. The van der Waals surface area contributed by atoms with E-state index in [1.54, 1.807) is 0 Å². The minimum Gasteiger partial charge on any atom is -0.375 e. The fourth-order valence-electron chi connectivity index (χ4n) is 2.14. The first-order chi connectivity index (χ1) is 9.70. The van der Waals surface area contributed by atoms with Gasteiger partial charge in [-0.3, -0.25) is 11.3 Å². The molecule has 1 unspecified atom stereocenters. The zero-order valence-electron chi connectivity index (χ0n) is 11.1. The number of nitrogens with two attached hydrogens (primary N) is 1. The highest BCUT2D eigenvalue weighted by molar-refractivity contribution is 5.83. The van der Waals surface area contributed by atoms with E-state index < -0.39 is 13.0 Å². The third-order valence-corrected chi connectivity index (χ3v) is 3.17. The fourth-order valence-corrected chi connectivity index (χ4v) is 2.14. The van der Waals surface area contributed by atoms with Crippen molar-refractivity contribution in [3.05, 3.63) is 48.0 Å². The third kappa shape index (κ3) is 3.96. The summed E-state index contributed by atoms with van der Waals surface area (Å²) in [5, 5.41) is 2.28. The van der Waals surface area contributed by atoms with Crippen molar-refractivity contribution in [3.63, 3.8) is 0 Å². The highest BCUT2D eigenvalue weighted by Gasteiger charge is 2.11. The van der Waals surface area contributed by atoms with Gasteiger partial charge in [-0.2, -0.15) is 0 Å². The topological polar surface area (TPSA) is 47.3 Å². The Balaban J connectivity index is 2.01. The molecule has 0 radical (unpaired) electrons. The Morgan fingerprint density at radius 2 is 1.85 bits per heavy atom. The van der Waals surface area contributed by atoms with Crippen molar-refractivity contribution in [2.75, 3.05) is 13.2 Å². The first kappa shape index (κ1) is 14.8. The van der Waals surface area contributed by atoms with Crippen LogP contribution in [0.25, 0.3) is 10.8 Å². The van der Waals surface area contributed by atoms with Gasteiger partial charge in [0.2, 0.25) is 0 Å². The molecule has 0 saturated carbocycles. The Bertz CT molecular complexity index is 548. The lowest BCUT2D eigenvalue weighted by Gasteiger charge is -2.17. The van der Waals surface area contributed by atoms with Crippen molar-refractivity contribution >= 4 is 10.8 Å². The molecular weight excluding hydrogens is 262 g/mol. The Labute approximate surface area is 116 Å². The van der Waals surface area contributed by atoms with E-state index in [0.29, 0.717) is 6.42 Å². The summed E-state index contributed by atoms with van der Waals surface area (Å²) in [6.07, 6.45) is -1.89. The van der Waals surface area contributed by atoms with Crippen LogP contribution in [0.2, 0.25) is 0 Å². The molecule has 0 aliphatic rings. The average molecular weight is 280 g/mol. The molecular formula is C15H18F2N2O.